The van der Waals surface area contributed by atoms with Crippen molar-refractivity contribution in [2.24, 2.45) is 0 Å². The molecule has 1 rings (SSSR count). The van der Waals surface area contributed by atoms with Gasteiger partial charge in [0.25, 0.3) is 0 Å². The van der Waals surface area contributed by atoms with Crippen molar-refractivity contribution in [1.29, 1.82) is 0 Å². The van der Waals surface area contributed by atoms with Crippen molar-refractivity contribution >= 4 is 0 Å². The number of pyridine rings is 1. The SMILES string of the molecule is [CH2-]CCc1ncccc1OC.[K+]. The number of hydrogen-bond acceptors (Lipinski definition) is 2. The Labute approximate surface area is 116 Å². The van der Waals surface area contributed by atoms with Gasteiger partial charge in [-0.3, -0.25) is 4.98 Å². The standard InChI is InChI=1S/C9H12NO.K/c1-3-5-8-9(11-2)6-4-7-10-8;/h4,6-7H,1,3,5H2,2H3;/q-1;+1. The predicted molar refractivity (Wildman–Crippen MR) is 44.5 cm³/mol. The summed E-state index contributed by atoms with van der Waals surface area (Å²) in [5.74, 6) is 0.858. The second-order valence-corrected chi connectivity index (χ2v) is 2.26. The number of nitrogens with zero attached hydrogens (tertiary/aromatic N) is 1. The average molecular weight is 189 g/mol. The van der Waals surface area contributed by atoms with E-state index in [0.717, 1.165) is 24.3 Å². The molecule has 0 spiro atoms. The Kier molecular flexibility index (Phi) is 7.38. The molecule has 0 saturated carbocycles. The summed E-state index contributed by atoms with van der Waals surface area (Å²) >= 11 is 0. The maximum Gasteiger partial charge on any atom is 1.00 e. The van der Waals surface area contributed by atoms with E-state index in [2.05, 4.69) is 11.9 Å². The zero-order valence-corrected chi connectivity index (χ0v) is 10.8. The Hall–Kier alpha value is 0.586. The second kappa shape index (κ2) is 7.03. The number of hydrogen-bond donors (Lipinski definition) is 0. The summed E-state index contributed by atoms with van der Waals surface area (Å²) in [7, 11) is 1.66. The van der Waals surface area contributed by atoms with Gasteiger partial charge in [-0.15, -0.1) is 0 Å². The number of aromatic nitrogens is 1. The van der Waals surface area contributed by atoms with Gasteiger partial charge in [0.15, 0.2) is 0 Å². The van der Waals surface area contributed by atoms with Crippen LogP contribution in [0, 0.1) is 6.92 Å². The van der Waals surface area contributed by atoms with Gasteiger partial charge < -0.3 is 11.7 Å². The van der Waals surface area contributed by atoms with Crippen LogP contribution in [-0.4, -0.2) is 12.1 Å². The first-order chi connectivity index (χ1) is 5.38. The Morgan fingerprint density at radius 3 is 2.92 bits per heavy atom. The quantitative estimate of drug-likeness (QED) is 0.443. The fraction of sp³-hybridized carbons (Fsp3) is 0.333. The molecule has 0 fully saturated rings. The van der Waals surface area contributed by atoms with Gasteiger partial charge in [0.2, 0.25) is 0 Å². The summed E-state index contributed by atoms with van der Waals surface area (Å²) in [6.45, 7) is 3.76. The molecule has 1 heterocycles. The third-order valence-electron chi connectivity index (χ3n) is 1.48. The molecule has 1 aromatic heterocycles. The van der Waals surface area contributed by atoms with Crippen molar-refractivity contribution < 1.29 is 56.1 Å². The van der Waals surface area contributed by atoms with Crippen molar-refractivity contribution in [2.45, 2.75) is 12.8 Å². The Morgan fingerprint density at radius 2 is 2.33 bits per heavy atom. The maximum atomic E-state index is 5.11. The van der Waals surface area contributed by atoms with Crippen LogP contribution >= 0.6 is 0 Å². The first-order valence-corrected chi connectivity index (χ1v) is 3.65. The van der Waals surface area contributed by atoms with E-state index in [1.54, 1.807) is 13.3 Å². The van der Waals surface area contributed by atoms with Crippen LogP contribution in [0.15, 0.2) is 18.3 Å². The summed E-state index contributed by atoms with van der Waals surface area (Å²) in [6.07, 6.45) is 3.50. The molecular formula is C9H12KNO. The van der Waals surface area contributed by atoms with Crippen molar-refractivity contribution in [2.75, 3.05) is 7.11 Å². The van der Waals surface area contributed by atoms with Crippen molar-refractivity contribution in [3.05, 3.63) is 30.9 Å². The topological polar surface area (TPSA) is 22.1 Å². The summed E-state index contributed by atoms with van der Waals surface area (Å²) in [5.41, 5.74) is 0.991. The minimum Gasteiger partial charge on any atom is -0.495 e. The van der Waals surface area contributed by atoms with Gasteiger partial charge in [-0.25, -0.2) is 0 Å². The second-order valence-electron chi connectivity index (χ2n) is 2.26. The van der Waals surface area contributed by atoms with Crippen molar-refractivity contribution in [1.82, 2.24) is 4.98 Å². The van der Waals surface area contributed by atoms with Gasteiger partial charge in [-0.1, -0.05) is 0 Å². The molecule has 1 aromatic rings. The van der Waals surface area contributed by atoms with Gasteiger partial charge in [0.1, 0.15) is 5.75 Å². The van der Waals surface area contributed by atoms with Crippen LogP contribution in [0.4, 0.5) is 0 Å². The predicted octanol–water partition coefficient (Wildman–Crippen LogP) is -1.14. The van der Waals surface area contributed by atoms with Gasteiger partial charge >= 0.3 is 51.4 Å². The largest absolute Gasteiger partial charge is 1.00 e. The van der Waals surface area contributed by atoms with Crippen molar-refractivity contribution in [3.8, 4) is 5.75 Å². The third-order valence-corrected chi connectivity index (χ3v) is 1.48. The van der Waals surface area contributed by atoms with Crippen LogP contribution in [0.3, 0.4) is 0 Å². The van der Waals surface area contributed by atoms with Crippen molar-refractivity contribution in [3.63, 3.8) is 0 Å². The molecule has 60 valence electrons. The normalized spacial score (nSPS) is 8.83. The van der Waals surface area contributed by atoms with Crippen LogP contribution in [0.25, 0.3) is 0 Å². The molecule has 0 radical (unpaired) electrons. The molecule has 0 aliphatic rings. The Morgan fingerprint density at radius 1 is 1.58 bits per heavy atom. The van der Waals surface area contributed by atoms with Gasteiger partial charge in [0, 0.05) is 6.20 Å². The van der Waals surface area contributed by atoms with E-state index in [-0.39, 0.29) is 51.4 Å². The molecule has 0 N–H and O–H groups in total. The van der Waals surface area contributed by atoms with Gasteiger partial charge in [0.05, 0.1) is 12.8 Å². The summed E-state index contributed by atoms with van der Waals surface area (Å²) in [5, 5.41) is 0. The molecule has 0 bridgehead atoms. The number of aryl methyl sites for hydroxylation is 1. The van der Waals surface area contributed by atoms with E-state index in [9.17, 15) is 0 Å². The fourth-order valence-electron chi connectivity index (χ4n) is 0.964. The number of rotatable bonds is 3. The van der Waals surface area contributed by atoms with Crippen LogP contribution < -0.4 is 56.1 Å². The Balaban J connectivity index is 0.00000121. The molecule has 3 heteroatoms. The van der Waals surface area contributed by atoms with E-state index in [1.807, 2.05) is 12.1 Å². The molecule has 0 aliphatic carbocycles. The van der Waals surface area contributed by atoms with E-state index in [1.165, 1.54) is 0 Å². The van der Waals surface area contributed by atoms with Crippen LogP contribution in [0.2, 0.25) is 0 Å². The summed E-state index contributed by atoms with van der Waals surface area (Å²) in [4.78, 5) is 4.17. The first-order valence-electron chi connectivity index (χ1n) is 3.65. The van der Waals surface area contributed by atoms with E-state index in [0.29, 0.717) is 0 Å². The summed E-state index contributed by atoms with van der Waals surface area (Å²) < 4.78 is 5.11. The molecular weight excluding hydrogens is 177 g/mol. The fourth-order valence-corrected chi connectivity index (χ4v) is 0.964. The van der Waals surface area contributed by atoms with Gasteiger partial charge in [-0.05, 0) is 18.6 Å². The molecule has 0 saturated heterocycles. The van der Waals surface area contributed by atoms with E-state index >= 15 is 0 Å². The third kappa shape index (κ3) is 3.54. The Bertz CT molecular complexity index is 228. The molecule has 0 aromatic carbocycles. The van der Waals surface area contributed by atoms with Crippen LogP contribution in [0.5, 0.6) is 5.75 Å². The average Bonchev–Trinajstić information content (AvgIpc) is 2.06. The molecule has 0 atom stereocenters. The molecule has 0 aliphatic heterocycles. The number of methoxy groups -OCH3 is 1. The molecule has 12 heavy (non-hydrogen) atoms. The van der Waals surface area contributed by atoms with Crippen LogP contribution in [0.1, 0.15) is 12.1 Å². The summed E-state index contributed by atoms with van der Waals surface area (Å²) in [6, 6.07) is 3.78. The number of ether oxygens (including phenoxy) is 1. The van der Waals surface area contributed by atoms with E-state index in [4.69, 9.17) is 4.74 Å². The zero-order valence-electron chi connectivity index (χ0n) is 7.71. The van der Waals surface area contributed by atoms with Crippen LogP contribution in [-0.2, 0) is 6.42 Å². The first kappa shape index (κ1) is 12.6. The maximum absolute atomic E-state index is 5.11. The molecule has 2 nitrogen and oxygen atoms in total. The van der Waals surface area contributed by atoms with E-state index < -0.39 is 0 Å². The smallest absolute Gasteiger partial charge is 0.495 e. The minimum atomic E-state index is 0. The minimum absolute atomic E-state index is 0. The molecule has 0 unspecified atom stereocenters. The monoisotopic (exact) mass is 189 g/mol. The zero-order chi connectivity index (χ0) is 8.10. The van der Waals surface area contributed by atoms with Gasteiger partial charge in [-0.2, -0.15) is 6.42 Å². The molecule has 0 amide bonds.